The van der Waals surface area contributed by atoms with Crippen LogP contribution in [0, 0.1) is 6.92 Å². The molecule has 0 aliphatic rings. The molecule has 0 radical (unpaired) electrons. The van der Waals surface area contributed by atoms with Gasteiger partial charge < -0.3 is 0 Å². The highest BCUT2D eigenvalue weighted by Crippen LogP contribution is 2.17. The van der Waals surface area contributed by atoms with Gasteiger partial charge in [0.2, 0.25) is 0 Å². The first-order valence-corrected chi connectivity index (χ1v) is 10.2. The Morgan fingerprint density at radius 2 is 0.929 bits per heavy atom. The van der Waals surface area contributed by atoms with Gasteiger partial charge >= 0.3 is 0 Å². The zero-order valence-electron chi connectivity index (χ0n) is 18.4. The summed E-state index contributed by atoms with van der Waals surface area (Å²) >= 11 is 0. The fraction of sp³-hybridized carbons (Fsp3) is 0.296. The maximum absolute atomic E-state index is 10.8. The van der Waals surface area contributed by atoms with Crippen LogP contribution in [0.2, 0.25) is 0 Å². The Bertz CT molecular complexity index is 689. The van der Waals surface area contributed by atoms with E-state index in [1.54, 1.807) is 6.92 Å². The molecular formula is C27H36O. The predicted molar refractivity (Wildman–Crippen MR) is 125 cm³/mol. The van der Waals surface area contributed by atoms with Crippen molar-refractivity contribution in [2.24, 2.45) is 0 Å². The Morgan fingerprint density at radius 1 is 0.607 bits per heavy atom. The van der Waals surface area contributed by atoms with Crippen LogP contribution in [0.3, 0.4) is 0 Å². The maximum atomic E-state index is 10.8. The summed E-state index contributed by atoms with van der Waals surface area (Å²) in [6.07, 6.45) is 2.50. The summed E-state index contributed by atoms with van der Waals surface area (Å²) in [6.45, 7) is 12.1. The van der Waals surface area contributed by atoms with Crippen LogP contribution in [0.25, 0.3) is 11.1 Å². The molecule has 0 aliphatic heterocycles. The molecule has 150 valence electrons. The number of rotatable bonds is 2. The van der Waals surface area contributed by atoms with E-state index in [0.717, 1.165) is 5.56 Å². The fourth-order valence-corrected chi connectivity index (χ4v) is 2.05. The minimum absolute atomic E-state index is 0.125. The first-order valence-electron chi connectivity index (χ1n) is 10.2. The molecule has 0 heterocycles. The Balaban J connectivity index is 0.000000413. The molecule has 3 aromatic rings. The highest BCUT2D eigenvalue weighted by molar-refractivity contribution is 5.93. The number of Topliss-reactive ketones (excluding diaryl/α,β-unsaturated/α-hetero) is 1. The van der Waals surface area contributed by atoms with Gasteiger partial charge in [-0.15, -0.1) is 0 Å². The molecule has 0 N–H and O–H groups in total. The van der Waals surface area contributed by atoms with Crippen LogP contribution in [0.4, 0.5) is 0 Å². The zero-order valence-corrected chi connectivity index (χ0v) is 18.4. The molecule has 1 nitrogen and oxygen atoms in total. The summed E-state index contributed by atoms with van der Waals surface area (Å²) in [5.41, 5.74) is 4.52. The third kappa shape index (κ3) is 11.9. The van der Waals surface area contributed by atoms with Gasteiger partial charge in [-0.2, -0.15) is 0 Å². The lowest BCUT2D eigenvalue weighted by Gasteiger charge is -1.98. The topological polar surface area (TPSA) is 17.1 Å². The molecule has 0 atom stereocenters. The van der Waals surface area contributed by atoms with E-state index >= 15 is 0 Å². The van der Waals surface area contributed by atoms with E-state index in [-0.39, 0.29) is 5.78 Å². The molecule has 28 heavy (non-hydrogen) atoms. The molecular weight excluding hydrogens is 340 g/mol. The minimum atomic E-state index is 0.125. The number of benzene rings is 3. The van der Waals surface area contributed by atoms with Gasteiger partial charge in [-0.3, -0.25) is 4.79 Å². The maximum Gasteiger partial charge on any atom is 0.159 e. The van der Waals surface area contributed by atoms with Crippen molar-refractivity contribution in [3.8, 4) is 11.1 Å². The molecule has 0 spiro atoms. The van der Waals surface area contributed by atoms with Gasteiger partial charge in [-0.1, -0.05) is 131 Å². The number of carbonyl (C=O) groups is 1. The Labute approximate surface area is 172 Å². The van der Waals surface area contributed by atoms with Crippen LogP contribution in [-0.2, 0) is 0 Å². The second kappa shape index (κ2) is 16.5. The van der Waals surface area contributed by atoms with Crippen molar-refractivity contribution in [3.05, 3.63) is 96.1 Å². The number of aryl methyl sites for hydroxylation is 1. The van der Waals surface area contributed by atoms with Crippen molar-refractivity contribution in [1.82, 2.24) is 0 Å². The van der Waals surface area contributed by atoms with Gasteiger partial charge in [-0.05, 0) is 25.0 Å². The quantitative estimate of drug-likeness (QED) is 0.410. The molecule has 0 fully saturated rings. The molecule has 0 saturated carbocycles. The van der Waals surface area contributed by atoms with Gasteiger partial charge in [0.25, 0.3) is 0 Å². The average molecular weight is 377 g/mol. The van der Waals surface area contributed by atoms with Crippen LogP contribution in [0.15, 0.2) is 84.9 Å². The van der Waals surface area contributed by atoms with E-state index in [1.165, 1.54) is 29.5 Å². The molecule has 1 heteroatoms. The van der Waals surface area contributed by atoms with Gasteiger partial charge in [0.15, 0.2) is 5.78 Å². The molecule has 3 rings (SSSR count). The number of hydrogen-bond donors (Lipinski definition) is 0. The summed E-state index contributed by atoms with van der Waals surface area (Å²) in [6, 6.07) is 28.4. The van der Waals surface area contributed by atoms with Gasteiger partial charge in [-0.25, -0.2) is 0 Å². The summed E-state index contributed by atoms with van der Waals surface area (Å²) in [5.74, 6) is 0.125. The Kier molecular flexibility index (Phi) is 14.9. The van der Waals surface area contributed by atoms with Crippen LogP contribution in [0.1, 0.15) is 63.4 Å². The van der Waals surface area contributed by atoms with Crippen molar-refractivity contribution < 1.29 is 4.79 Å². The summed E-state index contributed by atoms with van der Waals surface area (Å²) in [7, 11) is 0. The van der Waals surface area contributed by atoms with E-state index in [2.05, 4.69) is 76.2 Å². The number of ketones is 1. The Hall–Kier alpha value is -2.67. The summed E-state index contributed by atoms with van der Waals surface area (Å²) in [4.78, 5) is 10.8. The van der Waals surface area contributed by atoms with Crippen LogP contribution < -0.4 is 0 Å². The van der Waals surface area contributed by atoms with Crippen molar-refractivity contribution in [1.29, 1.82) is 0 Å². The first-order chi connectivity index (χ1) is 13.5. The smallest absolute Gasteiger partial charge is 0.159 e. The van der Waals surface area contributed by atoms with E-state index < -0.39 is 0 Å². The molecule has 0 amide bonds. The lowest BCUT2D eigenvalue weighted by atomic mass is 10.1. The highest BCUT2D eigenvalue weighted by atomic mass is 16.1. The van der Waals surface area contributed by atoms with Crippen LogP contribution in [-0.4, -0.2) is 5.78 Å². The molecule has 0 saturated heterocycles. The molecule has 0 unspecified atom stereocenters. The lowest BCUT2D eigenvalue weighted by molar-refractivity contribution is 0.101. The predicted octanol–water partition coefficient (Wildman–Crippen LogP) is 8.38. The third-order valence-electron chi connectivity index (χ3n) is 3.34. The van der Waals surface area contributed by atoms with Crippen molar-refractivity contribution in [2.75, 3.05) is 0 Å². The van der Waals surface area contributed by atoms with E-state index in [4.69, 9.17) is 0 Å². The van der Waals surface area contributed by atoms with Crippen molar-refractivity contribution in [3.63, 3.8) is 0 Å². The van der Waals surface area contributed by atoms with Crippen molar-refractivity contribution in [2.45, 2.75) is 54.4 Å². The second-order valence-corrected chi connectivity index (χ2v) is 6.57. The minimum Gasteiger partial charge on any atom is -0.295 e. The molecule has 0 bridgehead atoms. The normalized spacial score (nSPS) is 8.79. The Morgan fingerprint density at radius 3 is 1.21 bits per heavy atom. The van der Waals surface area contributed by atoms with Crippen LogP contribution >= 0.6 is 0 Å². The molecule has 0 aliphatic carbocycles. The van der Waals surface area contributed by atoms with E-state index in [0.29, 0.717) is 0 Å². The number of carbonyl (C=O) groups excluding carboxylic acids is 1. The van der Waals surface area contributed by atoms with Crippen molar-refractivity contribution >= 4 is 5.78 Å². The van der Waals surface area contributed by atoms with E-state index in [9.17, 15) is 4.79 Å². The lowest BCUT2D eigenvalue weighted by Crippen LogP contribution is -1.90. The van der Waals surface area contributed by atoms with Crippen LogP contribution in [0.5, 0.6) is 0 Å². The molecule has 3 aromatic carbocycles. The largest absolute Gasteiger partial charge is 0.295 e. The number of hydrogen-bond acceptors (Lipinski definition) is 1. The standard InChI is InChI=1S/C12H10.C9H10O.2C3H8/c1-3-7-11(8-4-1)12-9-5-2-6-10-12;1-7-3-5-9(6-4-7)8(2)10;2*1-3-2/h1-10H;3-6H,1-2H3;2*3H2,1-2H3. The second-order valence-electron chi connectivity index (χ2n) is 6.57. The average Bonchev–Trinajstić information content (AvgIpc) is 2.71. The monoisotopic (exact) mass is 376 g/mol. The zero-order chi connectivity index (χ0) is 21.2. The van der Waals surface area contributed by atoms with Gasteiger partial charge in [0.1, 0.15) is 0 Å². The SMILES string of the molecule is CC(=O)c1ccc(C)cc1.CCC.CCC.c1ccc(-c2ccccc2)cc1. The highest BCUT2D eigenvalue weighted by Gasteiger charge is 1.95. The van der Waals surface area contributed by atoms with Gasteiger partial charge in [0.05, 0.1) is 0 Å². The van der Waals surface area contributed by atoms with E-state index in [1.807, 2.05) is 43.3 Å². The first kappa shape index (κ1) is 25.3. The van der Waals surface area contributed by atoms with Gasteiger partial charge in [0, 0.05) is 5.56 Å². The fourth-order valence-electron chi connectivity index (χ4n) is 2.05. The summed E-state index contributed by atoms with van der Waals surface area (Å²) in [5, 5.41) is 0. The third-order valence-corrected chi connectivity index (χ3v) is 3.34. The summed E-state index contributed by atoms with van der Waals surface area (Å²) < 4.78 is 0. The molecule has 0 aromatic heterocycles.